The van der Waals surface area contributed by atoms with Crippen molar-refractivity contribution in [1.29, 1.82) is 5.26 Å². The monoisotopic (exact) mass is 557 g/mol. The van der Waals surface area contributed by atoms with E-state index in [1.165, 1.54) is 0 Å². The van der Waals surface area contributed by atoms with Crippen molar-refractivity contribution in [3.8, 4) is 6.07 Å². The molecule has 6 atom stereocenters. The number of amides is 4. The van der Waals surface area contributed by atoms with Crippen molar-refractivity contribution >= 4 is 23.6 Å². The molecule has 0 aromatic heterocycles. The van der Waals surface area contributed by atoms with E-state index in [4.69, 9.17) is 9.47 Å². The quantitative estimate of drug-likeness (QED) is 0.418. The van der Waals surface area contributed by atoms with Crippen molar-refractivity contribution in [3.05, 3.63) is 0 Å². The Labute approximate surface area is 236 Å². The van der Waals surface area contributed by atoms with Crippen LogP contribution in [0.1, 0.15) is 60.3 Å². The van der Waals surface area contributed by atoms with Gasteiger partial charge in [-0.15, -0.1) is 0 Å². The minimum atomic E-state index is -0.854. The van der Waals surface area contributed by atoms with Gasteiger partial charge < -0.3 is 30.3 Å². The van der Waals surface area contributed by atoms with Gasteiger partial charge in [0, 0.05) is 31.2 Å². The van der Waals surface area contributed by atoms with Crippen LogP contribution in [-0.4, -0.2) is 85.2 Å². The zero-order valence-corrected chi connectivity index (χ0v) is 24.2. The molecule has 1 aliphatic carbocycles. The average molecular weight is 558 g/mol. The Balaban J connectivity index is 1.28. The molecule has 1 unspecified atom stereocenters. The summed E-state index contributed by atoms with van der Waals surface area (Å²) >= 11 is 0. The van der Waals surface area contributed by atoms with Crippen molar-refractivity contribution in [2.45, 2.75) is 84.0 Å². The van der Waals surface area contributed by atoms with Crippen LogP contribution in [0.25, 0.3) is 0 Å². The summed E-state index contributed by atoms with van der Waals surface area (Å²) in [5.74, 6) is -1.47. The summed E-state index contributed by atoms with van der Waals surface area (Å²) in [6, 6.07) is -0.220. The van der Waals surface area contributed by atoms with Gasteiger partial charge in [0.05, 0.1) is 25.2 Å². The van der Waals surface area contributed by atoms with Crippen molar-refractivity contribution in [2.24, 2.45) is 34.5 Å². The van der Waals surface area contributed by atoms with E-state index in [9.17, 15) is 24.4 Å². The number of nitriles is 1. The van der Waals surface area contributed by atoms with Gasteiger partial charge in [0.15, 0.2) is 0 Å². The lowest BCUT2D eigenvalue weighted by molar-refractivity contribution is -0.149. The first-order valence-electron chi connectivity index (χ1n) is 14.6. The number of fused-ring (bicyclic) bond motifs is 1. The Kier molecular flexibility index (Phi) is 7.41. The topological polar surface area (TPSA) is 150 Å². The fraction of sp³-hybridized carbons (Fsp3) is 0.828. The van der Waals surface area contributed by atoms with E-state index in [1.807, 2.05) is 20.8 Å². The predicted octanol–water partition coefficient (Wildman–Crippen LogP) is 0.730. The number of piperidine rings is 1. The van der Waals surface area contributed by atoms with E-state index in [0.717, 1.165) is 12.8 Å². The minimum absolute atomic E-state index is 0.0348. The highest BCUT2D eigenvalue weighted by Gasteiger charge is 2.70. The number of hydrogen-bond donors (Lipinski definition) is 3. The van der Waals surface area contributed by atoms with E-state index < -0.39 is 23.5 Å². The first-order valence-corrected chi connectivity index (χ1v) is 14.6. The molecule has 4 heterocycles. The van der Waals surface area contributed by atoms with Crippen LogP contribution < -0.4 is 16.0 Å². The van der Waals surface area contributed by atoms with Gasteiger partial charge in [0.2, 0.25) is 23.6 Å². The SMILES string of the molecule is CC(C)(C)[C@H](NC(=O)C1COC1)C(=O)N1C[C@H]2[C@@H]([C@H]1C(=O)N[C@H](C#N)CC1CC3(CCOCC3)NC1=O)C2(C)C. The molecule has 5 rings (SSSR count). The van der Waals surface area contributed by atoms with Crippen molar-refractivity contribution in [1.82, 2.24) is 20.9 Å². The number of hydrogen-bond acceptors (Lipinski definition) is 7. The Hall–Kier alpha value is -2.71. The normalized spacial score (nSPS) is 31.8. The summed E-state index contributed by atoms with van der Waals surface area (Å²) in [4.78, 5) is 54.9. The molecule has 0 aromatic rings. The Morgan fingerprint density at radius 2 is 1.80 bits per heavy atom. The third-order valence-corrected chi connectivity index (χ3v) is 10.0. The van der Waals surface area contributed by atoms with Crippen LogP contribution in [0.2, 0.25) is 0 Å². The van der Waals surface area contributed by atoms with E-state index in [1.54, 1.807) is 4.90 Å². The molecule has 220 valence electrons. The lowest BCUT2D eigenvalue weighted by atomic mass is 9.84. The number of nitrogens with one attached hydrogen (secondary N) is 3. The number of likely N-dealkylation sites (tertiary alicyclic amines) is 1. The smallest absolute Gasteiger partial charge is 0.246 e. The molecule has 1 spiro atoms. The second-order valence-corrected chi connectivity index (χ2v) is 14.1. The molecular formula is C29H43N5O6. The molecule has 11 nitrogen and oxygen atoms in total. The molecular weight excluding hydrogens is 514 g/mol. The molecule has 11 heteroatoms. The summed E-state index contributed by atoms with van der Waals surface area (Å²) in [6.45, 7) is 12.2. The van der Waals surface area contributed by atoms with Gasteiger partial charge >= 0.3 is 0 Å². The molecule has 4 saturated heterocycles. The van der Waals surface area contributed by atoms with E-state index >= 15 is 0 Å². The lowest BCUT2D eigenvalue weighted by Crippen LogP contribution is -2.61. The van der Waals surface area contributed by atoms with Crippen LogP contribution in [0.15, 0.2) is 0 Å². The van der Waals surface area contributed by atoms with Gasteiger partial charge in [0.25, 0.3) is 0 Å². The molecule has 1 saturated carbocycles. The summed E-state index contributed by atoms with van der Waals surface area (Å²) in [5, 5.41) is 18.9. The zero-order chi connectivity index (χ0) is 29.0. The lowest BCUT2D eigenvalue weighted by Gasteiger charge is -2.38. The van der Waals surface area contributed by atoms with Crippen LogP contribution in [0.3, 0.4) is 0 Å². The van der Waals surface area contributed by atoms with Gasteiger partial charge in [-0.3, -0.25) is 19.2 Å². The van der Waals surface area contributed by atoms with Crippen molar-refractivity contribution in [2.75, 3.05) is 33.0 Å². The van der Waals surface area contributed by atoms with E-state index in [2.05, 4.69) is 35.9 Å². The second-order valence-electron chi connectivity index (χ2n) is 14.1. The summed E-state index contributed by atoms with van der Waals surface area (Å²) in [6.07, 6.45) is 2.33. The summed E-state index contributed by atoms with van der Waals surface area (Å²) in [5.41, 5.74) is -0.973. The van der Waals surface area contributed by atoms with E-state index in [0.29, 0.717) is 39.4 Å². The van der Waals surface area contributed by atoms with Gasteiger partial charge in [-0.05, 0) is 48.3 Å². The first-order chi connectivity index (χ1) is 18.8. The van der Waals surface area contributed by atoms with Gasteiger partial charge in [-0.1, -0.05) is 34.6 Å². The molecule has 5 aliphatic rings. The number of carbonyl (C=O) groups excluding carboxylic acids is 4. The van der Waals surface area contributed by atoms with Crippen molar-refractivity contribution < 1.29 is 28.7 Å². The zero-order valence-electron chi connectivity index (χ0n) is 24.2. The maximum absolute atomic E-state index is 14.0. The minimum Gasteiger partial charge on any atom is -0.381 e. The number of carbonyl (C=O) groups is 4. The fourth-order valence-corrected chi connectivity index (χ4v) is 7.22. The molecule has 0 aromatic carbocycles. The highest BCUT2D eigenvalue weighted by Crippen LogP contribution is 2.65. The Bertz CT molecular complexity index is 1100. The number of ether oxygens (including phenoxy) is 2. The third-order valence-electron chi connectivity index (χ3n) is 10.0. The molecule has 4 amide bonds. The van der Waals surface area contributed by atoms with Crippen LogP contribution in [0, 0.1) is 45.8 Å². The molecule has 3 N–H and O–H groups in total. The first kappa shape index (κ1) is 28.8. The fourth-order valence-electron chi connectivity index (χ4n) is 7.22. The van der Waals surface area contributed by atoms with Gasteiger partial charge in [0.1, 0.15) is 18.1 Å². The maximum Gasteiger partial charge on any atom is 0.246 e. The largest absolute Gasteiger partial charge is 0.381 e. The maximum atomic E-state index is 14.0. The summed E-state index contributed by atoms with van der Waals surface area (Å²) < 4.78 is 10.6. The average Bonchev–Trinajstić information content (AvgIpc) is 3.14. The standard InChI is InChI=1S/C29H43N5O6/c1-27(2,3)22(32-23(35)17-14-40-15-17)26(38)34-13-19-20(28(19,4)5)21(34)25(37)31-18(12-30)10-16-11-29(33-24(16)36)6-8-39-9-7-29/h16-22H,6-11,13-15H2,1-5H3,(H,31,37)(H,32,35)(H,33,36)/t16?,18-,19-,20-,21-,22+/m0/s1. The van der Waals surface area contributed by atoms with Crippen LogP contribution >= 0.6 is 0 Å². The summed E-state index contributed by atoms with van der Waals surface area (Å²) in [7, 11) is 0. The van der Waals surface area contributed by atoms with Crippen molar-refractivity contribution in [3.63, 3.8) is 0 Å². The number of nitrogens with zero attached hydrogens (tertiary/aromatic N) is 2. The van der Waals surface area contributed by atoms with E-state index in [-0.39, 0.29) is 64.7 Å². The van der Waals surface area contributed by atoms with Crippen LogP contribution in [-0.2, 0) is 28.7 Å². The van der Waals surface area contributed by atoms with Crippen LogP contribution in [0.4, 0.5) is 0 Å². The number of rotatable bonds is 7. The van der Waals surface area contributed by atoms with Gasteiger partial charge in [-0.2, -0.15) is 5.26 Å². The molecule has 5 fully saturated rings. The highest BCUT2D eigenvalue weighted by molar-refractivity contribution is 5.94. The van der Waals surface area contributed by atoms with Gasteiger partial charge in [-0.25, -0.2) is 0 Å². The highest BCUT2D eigenvalue weighted by atomic mass is 16.5. The predicted molar refractivity (Wildman–Crippen MR) is 143 cm³/mol. The second kappa shape index (κ2) is 10.3. The molecule has 4 aliphatic heterocycles. The molecule has 0 radical (unpaired) electrons. The third kappa shape index (κ3) is 5.20. The Morgan fingerprint density at radius 1 is 1.12 bits per heavy atom. The molecule has 40 heavy (non-hydrogen) atoms. The molecule has 0 bridgehead atoms. The van der Waals surface area contributed by atoms with Crippen LogP contribution in [0.5, 0.6) is 0 Å². The Morgan fingerprint density at radius 3 is 2.38 bits per heavy atom.